The molecule has 0 spiro atoms. The molecule has 182 valence electrons. The van der Waals surface area contributed by atoms with Gasteiger partial charge in [-0.2, -0.15) is 0 Å². The monoisotopic (exact) mass is 486 g/mol. The molecule has 0 aromatic heterocycles. The number of carbonyl (C=O) groups excluding carboxylic acids is 2. The zero-order valence-corrected chi connectivity index (χ0v) is 20.7. The first-order valence-electron chi connectivity index (χ1n) is 12.1. The Kier molecular flexibility index (Phi) is 6.09. The van der Waals surface area contributed by atoms with Gasteiger partial charge in [0.05, 0.1) is 11.6 Å². The summed E-state index contributed by atoms with van der Waals surface area (Å²) in [6, 6.07) is 3.42. The van der Waals surface area contributed by atoms with E-state index in [1.54, 1.807) is 32.3 Å². The lowest BCUT2D eigenvalue weighted by atomic mass is 9.49. The Hall–Kier alpha value is -2.54. The van der Waals surface area contributed by atoms with Crippen molar-refractivity contribution in [1.82, 2.24) is 4.90 Å². The minimum absolute atomic E-state index is 0.0786. The van der Waals surface area contributed by atoms with E-state index in [1.165, 1.54) is 24.2 Å². The summed E-state index contributed by atoms with van der Waals surface area (Å²) in [7, 11) is 3.32. The Morgan fingerprint density at radius 1 is 1.18 bits per heavy atom. The van der Waals surface area contributed by atoms with Gasteiger partial charge in [-0.05, 0) is 87.0 Å². The molecule has 1 aliphatic heterocycles. The molecule has 4 saturated carbocycles. The number of esters is 1. The maximum absolute atomic E-state index is 12.7. The number of rotatable bonds is 7. The van der Waals surface area contributed by atoms with Gasteiger partial charge in [0.1, 0.15) is 0 Å². The number of benzene rings is 1. The minimum atomic E-state index is -0.420. The van der Waals surface area contributed by atoms with Crippen LogP contribution in [0.4, 0.5) is 0 Å². The largest absolute Gasteiger partial charge is 0.490 e. The molecule has 1 aromatic carbocycles. The Balaban J connectivity index is 1.41. The van der Waals surface area contributed by atoms with E-state index in [4.69, 9.17) is 30.8 Å². The molecule has 1 amide bonds. The second-order valence-corrected chi connectivity index (χ2v) is 10.8. The summed E-state index contributed by atoms with van der Waals surface area (Å²) in [5, 5.41) is 0.293. The van der Waals surface area contributed by atoms with Gasteiger partial charge in [-0.3, -0.25) is 4.79 Å². The average molecular weight is 487 g/mol. The SMILES string of the molecule is CCOc1cc(/C=C2\N=C(C34CC5CC(CC(C5)C3)C4)OC2=O)cc(Cl)c1OCC(=O)N(C)C. The number of cyclic esters (lactones) is 1. The van der Waals surface area contributed by atoms with E-state index in [0.29, 0.717) is 34.6 Å². The molecule has 1 heterocycles. The van der Waals surface area contributed by atoms with Gasteiger partial charge in [0.2, 0.25) is 5.90 Å². The topological polar surface area (TPSA) is 77.4 Å². The molecule has 1 aromatic rings. The van der Waals surface area contributed by atoms with Crippen molar-refractivity contribution < 1.29 is 23.8 Å². The van der Waals surface area contributed by atoms with Crippen LogP contribution in [-0.4, -0.2) is 50.0 Å². The van der Waals surface area contributed by atoms with Crippen LogP contribution in [0.2, 0.25) is 5.02 Å². The van der Waals surface area contributed by atoms with Gasteiger partial charge in [-0.1, -0.05) is 11.6 Å². The van der Waals surface area contributed by atoms with E-state index < -0.39 is 5.97 Å². The van der Waals surface area contributed by atoms with Crippen LogP contribution in [0.5, 0.6) is 11.5 Å². The molecule has 4 fully saturated rings. The number of hydrogen-bond donors (Lipinski definition) is 0. The molecule has 7 nitrogen and oxygen atoms in total. The minimum Gasteiger partial charge on any atom is -0.490 e. The van der Waals surface area contributed by atoms with Crippen LogP contribution in [0.25, 0.3) is 6.08 Å². The van der Waals surface area contributed by atoms with Crippen LogP contribution in [-0.2, 0) is 14.3 Å². The first-order valence-corrected chi connectivity index (χ1v) is 12.5. The molecule has 0 radical (unpaired) electrons. The van der Waals surface area contributed by atoms with E-state index in [2.05, 4.69) is 0 Å². The summed E-state index contributed by atoms with van der Waals surface area (Å²) in [5.74, 6) is 2.92. The third-order valence-electron chi connectivity index (χ3n) is 7.59. The smallest absolute Gasteiger partial charge is 0.363 e. The zero-order valence-electron chi connectivity index (χ0n) is 19.9. The molecule has 5 aliphatic rings. The first-order chi connectivity index (χ1) is 16.3. The number of halogens is 1. The second-order valence-electron chi connectivity index (χ2n) is 10.4. The van der Waals surface area contributed by atoms with Crippen LogP contribution < -0.4 is 9.47 Å². The zero-order chi connectivity index (χ0) is 24.0. The molecule has 0 unspecified atom stereocenters. The molecule has 34 heavy (non-hydrogen) atoms. The van der Waals surface area contributed by atoms with Crippen molar-refractivity contribution in [2.24, 2.45) is 28.2 Å². The van der Waals surface area contributed by atoms with Crippen molar-refractivity contribution in [3.63, 3.8) is 0 Å². The average Bonchev–Trinajstić information content (AvgIpc) is 3.13. The van der Waals surface area contributed by atoms with Crippen LogP contribution in [0.15, 0.2) is 22.8 Å². The molecule has 8 heteroatoms. The lowest BCUT2D eigenvalue weighted by molar-refractivity contribution is -0.132. The van der Waals surface area contributed by atoms with Crippen molar-refractivity contribution in [3.8, 4) is 11.5 Å². The predicted octanol–water partition coefficient (Wildman–Crippen LogP) is 4.72. The summed E-state index contributed by atoms with van der Waals surface area (Å²) in [4.78, 5) is 30.8. The van der Waals surface area contributed by atoms with Gasteiger partial charge in [-0.15, -0.1) is 0 Å². The summed E-state index contributed by atoms with van der Waals surface area (Å²) in [6.45, 7) is 2.09. The Morgan fingerprint density at radius 3 is 2.41 bits per heavy atom. The molecule has 0 N–H and O–H groups in total. The van der Waals surface area contributed by atoms with Crippen molar-refractivity contribution >= 4 is 35.5 Å². The number of likely N-dealkylation sites (N-methyl/N-ethyl adjacent to an activating group) is 1. The second kappa shape index (κ2) is 8.91. The Bertz CT molecular complexity index is 1040. The molecular formula is C26H31ClN2O5. The fourth-order valence-electron chi connectivity index (χ4n) is 6.50. The molecule has 0 atom stereocenters. The fourth-order valence-corrected chi connectivity index (χ4v) is 6.78. The highest BCUT2D eigenvalue weighted by molar-refractivity contribution is 6.32. The van der Waals surface area contributed by atoms with Gasteiger partial charge >= 0.3 is 5.97 Å². The quantitative estimate of drug-likeness (QED) is 0.411. The number of hydrogen-bond acceptors (Lipinski definition) is 6. The third kappa shape index (κ3) is 4.30. The maximum atomic E-state index is 12.7. The van der Waals surface area contributed by atoms with Crippen LogP contribution in [0.3, 0.4) is 0 Å². The molecular weight excluding hydrogens is 456 g/mol. The van der Waals surface area contributed by atoms with Crippen LogP contribution in [0, 0.1) is 23.2 Å². The number of amides is 1. The molecule has 4 aliphatic carbocycles. The summed E-state index contributed by atoms with van der Waals surface area (Å²) in [5.41, 5.74) is 0.855. The van der Waals surface area contributed by atoms with Crippen molar-refractivity contribution in [1.29, 1.82) is 0 Å². The van der Waals surface area contributed by atoms with E-state index in [9.17, 15) is 9.59 Å². The third-order valence-corrected chi connectivity index (χ3v) is 7.87. The molecule has 0 saturated heterocycles. The Morgan fingerprint density at radius 2 is 1.82 bits per heavy atom. The fraction of sp³-hybridized carbons (Fsp3) is 0.577. The summed E-state index contributed by atoms with van der Waals surface area (Å²) in [6.07, 6.45) is 8.87. The number of nitrogens with zero attached hydrogens (tertiary/aromatic N) is 2. The highest BCUT2D eigenvalue weighted by Gasteiger charge is 2.55. The van der Waals surface area contributed by atoms with E-state index in [-0.39, 0.29) is 23.6 Å². The van der Waals surface area contributed by atoms with Gasteiger partial charge in [0, 0.05) is 19.5 Å². The van der Waals surface area contributed by atoms with Crippen molar-refractivity contribution in [2.75, 3.05) is 27.3 Å². The number of ether oxygens (including phenoxy) is 3. The van der Waals surface area contributed by atoms with Crippen LogP contribution >= 0.6 is 11.6 Å². The number of aliphatic imine (C=N–C) groups is 1. The summed E-state index contributed by atoms with van der Waals surface area (Å²) >= 11 is 6.48. The highest BCUT2D eigenvalue weighted by Crippen LogP contribution is 2.61. The number of carbonyl (C=O) groups is 2. The summed E-state index contributed by atoms with van der Waals surface area (Å²) < 4.78 is 17.1. The van der Waals surface area contributed by atoms with Crippen molar-refractivity contribution in [3.05, 3.63) is 28.4 Å². The van der Waals surface area contributed by atoms with Gasteiger partial charge < -0.3 is 19.1 Å². The molecule has 4 bridgehead atoms. The van der Waals surface area contributed by atoms with Gasteiger partial charge in [-0.25, -0.2) is 9.79 Å². The van der Waals surface area contributed by atoms with Gasteiger partial charge in [0.25, 0.3) is 5.91 Å². The Labute approximate surface area is 205 Å². The van der Waals surface area contributed by atoms with E-state index >= 15 is 0 Å². The lowest BCUT2D eigenvalue weighted by Gasteiger charge is -2.55. The van der Waals surface area contributed by atoms with Gasteiger partial charge in [0.15, 0.2) is 23.8 Å². The normalized spacial score (nSPS) is 30.4. The van der Waals surface area contributed by atoms with E-state index in [1.807, 2.05) is 6.92 Å². The van der Waals surface area contributed by atoms with E-state index in [0.717, 1.165) is 37.0 Å². The van der Waals surface area contributed by atoms with Crippen LogP contribution in [0.1, 0.15) is 51.0 Å². The first kappa shape index (κ1) is 23.2. The van der Waals surface area contributed by atoms with Crippen molar-refractivity contribution in [2.45, 2.75) is 45.4 Å². The lowest BCUT2D eigenvalue weighted by Crippen LogP contribution is -2.50. The highest BCUT2D eigenvalue weighted by atomic mass is 35.5. The maximum Gasteiger partial charge on any atom is 0.363 e. The standard InChI is InChI=1S/C26H31ClN2O5/c1-4-32-21-10-15(8-19(27)23(21)33-14-22(30)29(2)3)9-20-24(31)34-25(28-20)26-11-16-5-17(12-26)7-18(6-16)13-26/h8-10,16-18H,4-7,11-14H2,1-3H3/b20-9-. The predicted molar refractivity (Wildman–Crippen MR) is 129 cm³/mol. The molecule has 6 rings (SSSR count).